The maximum absolute atomic E-state index is 14.6. The van der Waals surface area contributed by atoms with Gasteiger partial charge in [-0.3, -0.25) is 4.79 Å². The Labute approximate surface area is 142 Å². The van der Waals surface area contributed by atoms with Gasteiger partial charge in [0.2, 0.25) is 0 Å². The van der Waals surface area contributed by atoms with Gasteiger partial charge in [-0.15, -0.1) is 0 Å². The number of rotatable bonds is 3. The predicted octanol–water partition coefficient (Wildman–Crippen LogP) is 2.40. The Balaban J connectivity index is 1.85. The first-order valence-electron chi connectivity index (χ1n) is 8.48. The molecule has 1 fully saturated rings. The summed E-state index contributed by atoms with van der Waals surface area (Å²) < 4.78 is 31.6. The van der Waals surface area contributed by atoms with Crippen LogP contribution < -0.4 is 5.46 Å². The van der Waals surface area contributed by atoms with E-state index >= 15 is 0 Å². The summed E-state index contributed by atoms with van der Waals surface area (Å²) in [5.74, 6) is -0.795. The van der Waals surface area contributed by atoms with E-state index in [1.54, 1.807) is 13.0 Å². The Bertz CT molecular complexity index is 655. The van der Waals surface area contributed by atoms with Crippen molar-refractivity contribution >= 4 is 18.6 Å². The Hall–Kier alpha value is -1.40. The summed E-state index contributed by atoms with van der Waals surface area (Å²) in [6, 6.07) is 3.29. The van der Waals surface area contributed by atoms with Crippen molar-refractivity contribution in [2.75, 3.05) is 6.61 Å². The Morgan fingerprint density at radius 3 is 2.29 bits per heavy atom. The van der Waals surface area contributed by atoms with Gasteiger partial charge in [-0.25, -0.2) is 4.39 Å². The van der Waals surface area contributed by atoms with Gasteiger partial charge >= 0.3 is 13.1 Å². The van der Waals surface area contributed by atoms with E-state index in [2.05, 4.69) is 0 Å². The van der Waals surface area contributed by atoms with E-state index in [1.165, 1.54) is 6.07 Å². The molecule has 2 aliphatic rings. The zero-order valence-electron chi connectivity index (χ0n) is 14.9. The first-order chi connectivity index (χ1) is 11.1. The third-order valence-corrected chi connectivity index (χ3v) is 5.38. The molecule has 1 heterocycles. The van der Waals surface area contributed by atoms with E-state index in [-0.39, 0.29) is 17.7 Å². The molecule has 1 saturated heterocycles. The Morgan fingerprint density at radius 1 is 1.21 bits per heavy atom. The second kappa shape index (κ2) is 5.85. The van der Waals surface area contributed by atoms with Gasteiger partial charge in [-0.05, 0) is 64.7 Å². The highest BCUT2D eigenvalue weighted by atomic mass is 19.1. The number of halogens is 1. The molecule has 6 heteroatoms. The van der Waals surface area contributed by atoms with Crippen molar-refractivity contribution in [3.63, 3.8) is 0 Å². The highest BCUT2D eigenvalue weighted by Gasteiger charge is 2.52. The smallest absolute Gasteiger partial charge is 0.466 e. The number of ether oxygens (including phenoxy) is 1. The van der Waals surface area contributed by atoms with Crippen LogP contribution in [0.5, 0.6) is 0 Å². The van der Waals surface area contributed by atoms with Gasteiger partial charge in [-0.2, -0.15) is 0 Å². The average molecular weight is 334 g/mol. The first kappa shape index (κ1) is 17.4. The van der Waals surface area contributed by atoms with Crippen molar-refractivity contribution in [3.8, 4) is 0 Å². The normalized spacial score (nSPS) is 24.1. The lowest BCUT2D eigenvalue weighted by atomic mass is 9.77. The van der Waals surface area contributed by atoms with Gasteiger partial charge in [-0.1, -0.05) is 6.07 Å². The molecule has 1 atom stereocenters. The van der Waals surface area contributed by atoms with E-state index in [4.69, 9.17) is 14.0 Å². The molecule has 0 N–H and O–H groups in total. The molecule has 4 nitrogen and oxygen atoms in total. The monoisotopic (exact) mass is 334 g/mol. The predicted molar refractivity (Wildman–Crippen MR) is 89.6 cm³/mol. The Morgan fingerprint density at radius 2 is 1.75 bits per heavy atom. The van der Waals surface area contributed by atoms with Gasteiger partial charge in [0.1, 0.15) is 5.82 Å². The number of hydrogen-bond acceptors (Lipinski definition) is 4. The molecule has 1 aromatic carbocycles. The van der Waals surface area contributed by atoms with Crippen molar-refractivity contribution in [2.24, 2.45) is 5.92 Å². The molecular weight excluding hydrogens is 310 g/mol. The molecule has 1 aliphatic carbocycles. The van der Waals surface area contributed by atoms with Gasteiger partial charge in [0, 0.05) is 5.46 Å². The molecule has 24 heavy (non-hydrogen) atoms. The molecule has 0 amide bonds. The summed E-state index contributed by atoms with van der Waals surface area (Å²) in [7, 11) is -0.734. The van der Waals surface area contributed by atoms with Crippen LogP contribution in [0, 0.1) is 11.7 Å². The summed E-state index contributed by atoms with van der Waals surface area (Å²) in [5, 5.41) is 0. The van der Waals surface area contributed by atoms with Crippen LogP contribution in [-0.4, -0.2) is 30.9 Å². The molecule has 1 aliphatic heterocycles. The molecule has 0 bridgehead atoms. The van der Waals surface area contributed by atoms with Crippen LogP contribution in [0.2, 0.25) is 0 Å². The zero-order chi connectivity index (χ0) is 17.7. The minimum absolute atomic E-state index is 0.216. The minimum atomic E-state index is -0.734. The quantitative estimate of drug-likeness (QED) is 0.629. The molecule has 130 valence electrons. The van der Waals surface area contributed by atoms with Crippen LogP contribution in [0.4, 0.5) is 4.39 Å². The van der Waals surface area contributed by atoms with Crippen LogP contribution in [0.25, 0.3) is 0 Å². The van der Waals surface area contributed by atoms with Gasteiger partial charge in [0.15, 0.2) is 0 Å². The lowest BCUT2D eigenvalue weighted by Crippen LogP contribution is -2.41. The van der Waals surface area contributed by atoms with E-state index in [0.29, 0.717) is 24.9 Å². The van der Waals surface area contributed by atoms with Crippen molar-refractivity contribution in [2.45, 2.75) is 58.7 Å². The standard InChI is InChI=1S/C18H24BFO4/c1-6-22-16(21)13-7-11-9-14(15(20)10-12(11)8-13)19-23-17(2,3)18(4,5)24-19/h9-10,13H,6-8H2,1-5H3. The van der Waals surface area contributed by atoms with E-state index < -0.39 is 18.3 Å². The third kappa shape index (κ3) is 2.86. The molecule has 0 aromatic heterocycles. The van der Waals surface area contributed by atoms with Gasteiger partial charge < -0.3 is 14.0 Å². The van der Waals surface area contributed by atoms with E-state index in [9.17, 15) is 9.18 Å². The highest BCUT2D eigenvalue weighted by Crippen LogP contribution is 2.37. The summed E-state index contributed by atoms with van der Waals surface area (Å²) in [4.78, 5) is 11.9. The lowest BCUT2D eigenvalue weighted by Gasteiger charge is -2.32. The van der Waals surface area contributed by atoms with Crippen molar-refractivity contribution < 1.29 is 23.2 Å². The van der Waals surface area contributed by atoms with Crippen molar-refractivity contribution in [3.05, 3.63) is 29.1 Å². The number of fused-ring (bicyclic) bond motifs is 1. The van der Waals surface area contributed by atoms with Crippen LogP contribution in [0.3, 0.4) is 0 Å². The topological polar surface area (TPSA) is 44.8 Å². The van der Waals surface area contributed by atoms with E-state index in [0.717, 1.165) is 11.1 Å². The van der Waals surface area contributed by atoms with Crippen molar-refractivity contribution in [1.29, 1.82) is 0 Å². The SMILES string of the molecule is CCOC(=O)C1Cc2cc(F)c(B3OC(C)(C)C(C)(C)O3)cc2C1. The average Bonchev–Trinajstić information content (AvgIpc) is 2.96. The minimum Gasteiger partial charge on any atom is -0.466 e. The molecule has 1 aromatic rings. The Kier molecular flexibility index (Phi) is 4.25. The summed E-state index contributed by atoms with van der Waals surface area (Å²) >= 11 is 0. The zero-order valence-corrected chi connectivity index (χ0v) is 14.9. The maximum Gasteiger partial charge on any atom is 0.497 e. The number of benzene rings is 1. The molecular formula is C18H24BFO4. The van der Waals surface area contributed by atoms with Gasteiger partial charge in [0.05, 0.1) is 23.7 Å². The fourth-order valence-electron chi connectivity index (χ4n) is 3.24. The molecule has 0 saturated carbocycles. The molecule has 3 rings (SSSR count). The van der Waals surface area contributed by atoms with Crippen molar-refractivity contribution in [1.82, 2.24) is 0 Å². The first-order valence-corrected chi connectivity index (χ1v) is 8.48. The number of hydrogen-bond donors (Lipinski definition) is 0. The maximum atomic E-state index is 14.6. The second-order valence-electron chi connectivity index (χ2n) is 7.59. The molecule has 1 unspecified atom stereocenters. The molecule has 0 spiro atoms. The fourth-order valence-corrected chi connectivity index (χ4v) is 3.24. The number of esters is 1. The fraction of sp³-hybridized carbons (Fsp3) is 0.611. The summed E-state index contributed by atoms with van der Waals surface area (Å²) in [6.45, 7) is 9.91. The second-order valence-corrected chi connectivity index (χ2v) is 7.59. The van der Waals surface area contributed by atoms with Gasteiger partial charge in [0.25, 0.3) is 0 Å². The largest absolute Gasteiger partial charge is 0.497 e. The molecule has 0 radical (unpaired) electrons. The lowest BCUT2D eigenvalue weighted by molar-refractivity contribution is -0.147. The van der Waals surface area contributed by atoms with Crippen LogP contribution in [0.1, 0.15) is 45.7 Å². The summed E-state index contributed by atoms with van der Waals surface area (Å²) in [6.07, 6.45) is 1.09. The third-order valence-electron chi connectivity index (χ3n) is 5.38. The number of carbonyl (C=O) groups is 1. The van der Waals surface area contributed by atoms with Crippen LogP contribution >= 0.6 is 0 Å². The van der Waals surface area contributed by atoms with E-state index in [1.807, 2.05) is 27.7 Å². The summed E-state index contributed by atoms with van der Waals surface area (Å²) in [5.41, 5.74) is 1.20. The highest BCUT2D eigenvalue weighted by molar-refractivity contribution is 6.62. The number of carbonyl (C=O) groups excluding carboxylic acids is 1. The van der Waals surface area contributed by atoms with Crippen LogP contribution in [0.15, 0.2) is 12.1 Å². The van der Waals surface area contributed by atoms with Crippen LogP contribution in [-0.2, 0) is 31.7 Å².